The van der Waals surface area contributed by atoms with E-state index in [4.69, 9.17) is 5.26 Å². The number of halogens is 1. The highest BCUT2D eigenvalue weighted by atomic mass is 19.1. The maximum Gasteiger partial charge on any atom is 0.328 e. The van der Waals surface area contributed by atoms with Crippen molar-refractivity contribution in [1.82, 2.24) is 0 Å². The van der Waals surface area contributed by atoms with Crippen molar-refractivity contribution < 1.29 is 14.3 Å². The van der Waals surface area contributed by atoms with E-state index in [2.05, 4.69) is 0 Å². The number of likely N-dealkylation sites (N-methyl/N-ethyl adjacent to an activating group) is 1. The van der Waals surface area contributed by atoms with E-state index in [1.54, 1.807) is 6.92 Å². The molecule has 4 nitrogen and oxygen atoms in total. The van der Waals surface area contributed by atoms with Crippen molar-refractivity contribution in [3.05, 3.63) is 29.6 Å². The van der Waals surface area contributed by atoms with E-state index >= 15 is 0 Å². The molecule has 0 aliphatic carbocycles. The van der Waals surface area contributed by atoms with E-state index in [9.17, 15) is 14.3 Å². The standard InChI is InChI=1S/C13H15FN2O2/c1-4-16(13(2,3)12(17)18)11-6-5-9(8-15)7-10(11)14/h5-7H,4H2,1-3H3,(H,17,18). The van der Waals surface area contributed by atoms with E-state index in [0.29, 0.717) is 6.54 Å². The number of anilines is 1. The molecule has 1 aromatic carbocycles. The van der Waals surface area contributed by atoms with Gasteiger partial charge in [0.15, 0.2) is 0 Å². The molecule has 0 spiro atoms. The lowest BCUT2D eigenvalue weighted by Crippen LogP contribution is -2.50. The number of nitrogens with zero attached hydrogens (tertiary/aromatic N) is 2. The molecule has 0 aliphatic heterocycles. The number of benzene rings is 1. The average Bonchev–Trinajstić information content (AvgIpc) is 2.31. The van der Waals surface area contributed by atoms with Crippen LogP contribution in [-0.2, 0) is 4.79 Å². The van der Waals surface area contributed by atoms with Gasteiger partial charge in [-0.2, -0.15) is 5.26 Å². The largest absolute Gasteiger partial charge is 0.480 e. The molecular weight excluding hydrogens is 235 g/mol. The molecule has 0 atom stereocenters. The number of hydrogen-bond acceptors (Lipinski definition) is 3. The molecule has 0 aromatic heterocycles. The summed E-state index contributed by atoms with van der Waals surface area (Å²) in [5, 5.41) is 17.9. The van der Waals surface area contributed by atoms with Gasteiger partial charge >= 0.3 is 5.97 Å². The molecule has 1 aromatic rings. The minimum Gasteiger partial charge on any atom is -0.480 e. The Bertz CT molecular complexity index is 506. The van der Waals surface area contributed by atoms with Crippen LogP contribution in [0, 0.1) is 17.1 Å². The zero-order valence-electron chi connectivity index (χ0n) is 10.6. The Kier molecular flexibility index (Phi) is 3.92. The van der Waals surface area contributed by atoms with E-state index < -0.39 is 17.3 Å². The van der Waals surface area contributed by atoms with Gasteiger partial charge in [0, 0.05) is 6.54 Å². The van der Waals surface area contributed by atoms with Crippen molar-refractivity contribution in [3.8, 4) is 6.07 Å². The first-order chi connectivity index (χ1) is 8.34. The van der Waals surface area contributed by atoms with Crippen LogP contribution in [0.25, 0.3) is 0 Å². The van der Waals surface area contributed by atoms with E-state index in [0.717, 1.165) is 6.07 Å². The molecule has 0 aliphatic rings. The fraction of sp³-hybridized carbons (Fsp3) is 0.385. The molecule has 0 saturated carbocycles. The summed E-state index contributed by atoms with van der Waals surface area (Å²) >= 11 is 0. The second-order valence-corrected chi connectivity index (χ2v) is 4.39. The first-order valence-electron chi connectivity index (χ1n) is 5.55. The summed E-state index contributed by atoms with van der Waals surface area (Å²) in [5.41, 5.74) is -0.826. The summed E-state index contributed by atoms with van der Waals surface area (Å²) < 4.78 is 13.9. The number of nitriles is 1. The van der Waals surface area contributed by atoms with Crippen LogP contribution in [0.5, 0.6) is 0 Å². The van der Waals surface area contributed by atoms with Gasteiger partial charge in [0.25, 0.3) is 0 Å². The molecular formula is C13H15FN2O2. The third-order valence-corrected chi connectivity index (χ3v) is 2.88. The van der Waals surface area contributed by atoms with Crippen molar-refractivity contribution in [2.45, 2.75) is 26.3 Å². The Hall–Kier alpha value is -2.09. The number of carbonyl (C=O) groups is 1. The van der Waals surface area contributed by atoms with Gasteiger partial charge in [0.05, 0.1) is 17.3 Å². The smallest absolute Gasteiger partial charge is 0.328 e. The van der Waals surface area contributed by atoms with Crippen molar-refractivity contribution >= 4 is 11.7 Å². The summed E-state index contributed by atoms with van der Waals surface area (Å²) in [4.78, 5) is 12.7. The lowest BCUT2D eigenvalue weighted by Gasteiger charge is -2.36. The van der Waals surface area contributed by atoms with Crippen LogP contribution in [-0.4, -0.2) is 23.2 Å². The summed E-state index contributed by atoms with van der Waals surface area (Å²) in [6, 6.07) is 5.85. The number of hydrogen-bond donors (Lipinski definition) is 1. The maximum absolute atomic E-state index is 13.9. The predicted molar refractivity (Wildman–Crippen MR) is 65.8 cm³/mol. The van der Waals surface area contributed by atoms with Crippen LogP contribution in [0.1, 0.15) is 26.3 Å². The second-order valence-electron chi connectivity index (χ2n) is 4.39. The van der Waals surface area contributed by atoms with Crippen LogP contribution in [0.3, 0.4) is 0 Å². The topological polar surface area (TPSA) is 64.3 Å². The van der Waals surface area contributed by atoms with Crippen molar-refractivity contribution in [2.75, 3.05) is 11.4 Å². The molecule has 0 saturated heterocycles. The molecule has 0 amide bonds. The first kappa shape index (κ1) is 14.0. The summed E-state index contributed by atoms with van der Waals surface area (Å²) in [6.45, 7) is 5.12. The summed E-state index contributed by atoms with van der Waals surface area (Å²) in [7, 11) is 0. The van der Waals surface area contributed by atoms with Gasteiger partial charge in [-0.3, -0.25) is 0 Å². The molecule has 5 heteroatoms. The van der Waals surface area contributed by atoms with Crippen LogP contribution in [0.4, 0.5) is 10.1 Å². The Morgan fingerprint density at radius 3 is 2.56 bits per heavy atom. The van der Waals surface area contributed by atoms with Crippen LogP contribution < -0.4 is 4.90 Å². The second kappa shape index (κ2) is 5.05. The zero-order valence-corrected chi connectivity index (χ0v) is 10.6. The molecule has 1 rings (SSSR count). The van der Waals surface area contributed by atoms with Crippen molar-refractivity contribution in [2.24, 2.45) is 0 Å². The SMILES string of the molecule is CCN(c1ccc(C#N)cc1F)C(C)(C)C(=O)O. The van der Waals surface area contributed by atoms with Gasteiger partial charge < -0.3 is 10.0 Å². The Balaban J connectivity index is 3.27. The quantitative estimate of drug-likeness (QED) is 0.891. The fourth-order valence-corrected chi connectivity index (χ4v) is 1.78. The number of rotatable bonds is 4. The number of carboxylic acid groups (broad SMARTS) is 1. The van der Waals surface area contributed by atoms with E-state index in [1.165, 1.54) is 30.9 Å². The minimum atomic E-state index is -1.22. The average molecular weight is 250 g/mol. The Morgan fingerprint density at radius 1 is 1.56 bits per heavy atom. The molecule has 96 valence electrons. The third kappa shape index (κ3) is 2.43. The van der Waals surface area contributed by atoms with Crippen molar-refractivity contribution in [3.63, 3.8) is 0 Å². The van der Waals surface area contributed by atoms with Crippen LogP contribution in [0.15, 0.2) is 18.2 Å². The molecule has 18 heavy (non-hydrogen) atoms. The third-order valence-electron chi connectivity index (χ3n) is 2.88. The number of aliphatic carboxylic acids is 1. The summed E-state index contributed by atoms with van der Waals surface area (Å²) in [6.07, 6.45) is 0. The lowest BCUT2D eigenvalue weighted by molar-refractivity contribution is -0.142. The fourth-order valence-electron chi connectivity index (χ4n) is 1.78. The van der Waals surface area contributed by atoms with Gasteiger partial charge in [-0.05, 0) is 39.0 Å². The maximum atomic E-state index is 13.9. The highest BCUT2D eigenvalue weighted by Gasteiger charge is 2.35. The normalized spacial score (nSPS) is 10.8. The Morgan fingerprint density at radius 2 is 2.17 bits per heavy atom. The van der Waals surface area contributed by atoms with Crippen LogP contribution in [0.2, 0.25) is 0 Å². The summed E-state index contributed by atoms with van der Waals surface area (Å²) in [5.74, 6) is -1.63. The highest BCUT2D eigenvalue weighted by molar-refractivity contribution is 5.82. The lowest BCUT2D eigenvalue weighted by atomic mass is 10.0. The predicted octanol–water partition coefficient (Wildman–Crippen LogP) is 2.39. The molecule has 1 N–H and O–H groups in total. The minimum absolute atomic E-state index is 0.184. The first-order valence-corrected chi connectivity index (χ1v) is 5.55. The van der Waals surface area contributed by atoms with Gasteiger partial charge in [0.1, 0.15) is 11.4 Å². The van der Waals surface area contributed by atoms with Crippen LogP contribution >= 0.6 is 0 Å². The Labute approximate surface area is 105 Å². The molecule has 0 bridgehead atoms. The molecule has 0 unspecified atom stereocenters. The van der Waals surface area contributed by atoms with Gasteiger partial charge in [-0.1, -0.05) is 0 Å². The van der Waals surface area contributed by atoms with Gasteiger partial charge in [0.2, 0.25) is 0 Å². The van der Waals surface area contributed by atoms with Gasteiger partial charge in [-0.25, -0.2) is 9.18 Å². The highest BCUT2D eigenvalue weighted by Crippen LogP contribution is 2.27. The van der Waals surface area contributed by atoms with E-state index in [1.807, 2.05) is 6.07 Å². The molecule has 0 radical (unpaired) electrons. The molecule has 0 fully saturated rings. The van der Waals surface area contributed by atoms with Gasteiger partial charge in [-0.15, -0.1) is 0 Å². The van der Waals surface area contributed by atoms with Crippen molar-refractivity contribution in [1.29, 1.82) is 5.26 Å². The molecule has 0 heterocycles. The zero-order chi connectivity index (χ0) is 13.9. The number of carboxylic acids is 1. The van der Waals surface area contributed by atoms with E-state index in [-0.39, 0.29) is 11.3 Å². The monoisotopic (exact) mass is 250 g/mol.